The van der Waals surface area contributed by atoms with Crippen molar-refractivity contribution in [3.8, 4) is 0 Å². The van der Waals surface area contributed by atoms with Crippen LogP contribution in [0.1, 0.15) is 69.7 Å². The third-order valence-electron chi connectivity index (χ3n) is 0. The number of hydrogen-bond donors (Lipinski definition) is 2. The van der Waals surface area contributed by atoms with Crippen molar-refractivity contribution in [2.75, 3.05) is 0 Å². The highest BCUT2D eigenvalue weighted by Gasteiger charge is 1.96. The summed E-state index contributed by atoms with van der Waals surface area (Å²) in [6.07, 6.45) is 0. The Kier molecular flexibility index (Phi) is 41.4. The Morgan fingerprint density at radius 1 is 0.900 bits per heavy atom. The molecule has 0 aromatic rings. The van der Waals surface area contributed by atoms with Crippen molar-refractivity contribution in [1.29, 1.82) is 0 Å². The molecule has 124 valence electrons. The molecule has 0 aliphatic heterocycles. The predicted octanol–water partition coefficient (Wildman–Crippen LogP) is 5.19. The van der Waals surface area contributed by atoms with Crippen LogP contribution in [0.2, 0.25) is 0 Å². The minimum atomic E-state index is -1.08. The lowest BCUT2D eigenvalue weighted by molar-refractivity contribution is -0.131. The topological polar surface area (TPSA) is 74.6 Å². The molecule has 0 aliphatic rings. The van der Waals surface area contributed by atoms with Gasteiger partial charge < -0.3 is 10.2 Å². The minimum absolute atomic E-state index is 0. The molecule has 0 spiro atoms. The third-order valence-corrected chi connectivity index (χ3v) is 0. The molecule has 0 aliphatic carbocycles. The molecule has 0 saturated carbocycles. The predicted molar refractivity (Wildman–Crippen MR) is 89.7 cm³/mol. The molecule has 0 bridgehead atoms. The van der Waals surface area contributed by atoms with Crippen molar-refractivity contribution >= 4 is 12.4 Å². The monoisotopic (exact) mass is 294 g/mol. The first-order valence-corrected chi connectivity index (χ1v) is 5.98. The average Bonchev–Trinajstić information content (AvgIpc) is 2.00. The van der Waals surface area contributed by atoms with E-state index >= 15 is 0 Å². The van der Waals surface area contributed by atoms with Gasteiger partial charge in [0.2, 0.25) is 0 Å². The fourth-order valence-corrected chi connectivity index (χ4v) is 0. The zero-order valence-corrected chi connectivity index (χ0v) is 14.2. The van der Waals surface area contributed by atoms with E-state index in [1.165, 1.54) is 0 Å². The van der Waals surface area contributed by atoms with Gasteiger partial charge >= 0.3 is 5.97 Å². The molecule has 0 saturated heterocycles. The fraction of sp³-hybridized carbons (Fsp3) is 0.750. The van der Waals surface area contributed by atoms with Crippen LogP contribution < -0.4 is 0 Å². The molecule has 0 atom stereocenters. The zero-order valence-electron chi connectivity index (χ0n) is 14.2. The van der Waals surface area contributed by atoms with E-state index in [4.69, 9.17) is 19.8 Å². The maximum Gasteiger partial charge on any atom is 0.490 e. The Morgan fingerprint density at radius 3 is 0.900 bits per heavy atom. The Morgan fingerprint density at radius 2 is 0.900 bits per heavy atom. The van der Waals surface area contributed by atoms with E-state index in [1.807, 2.05) is 0 Å². The van der Waals surface area contributed by atoms with Crippen molar-refractivity contribution in [3.05, 3.63) is 13.8 Å². The lowest BCUT2D eigenvalue weighted by atomic mass is 10.0. The first-order chi connectivity index (χ1) is 8.15. The maximum absolute atomic E-state index is 8.89. The third kappa shape index (κ3) is 2350. The van der Waals surface area contributed by atoms with E-state index in [-0.39, 0.29) is 13.9 Å². The lowest BCUT2D eigenvalue weighted by Gasteiger charge is -2.05. The van der Waals surface area contributed by atoms with Gasteiger partial charge in [-0.05, 0) is 10.8 Å². The van der Waals surface area contributed by atoms with Crippen LogP contribution in [0.25, 0.3) is 0 Å². The molecule has 20 heavy (non-hydrogen) atoms. The van der Waals surface area contributed by atoms with Crippen LogP contribution in [0.4, 0.5) is 0 Å². The Balaban J connectivity index is -0.0000000313. The van der Waals surface area contributed by atoms with Crippen LogP contribution in [-0.4, -0.2) is 22.7 Å². The second-order valence-corrected chi connectivity index (χ2v) is 6.50. The number of hydrogen-bond acceptors (Lipinski definition) is 2. The molecule has 2 N–H and O–H groups in total. The maximum atomic E-state index is 8.89. The summed E-state index contributed by atoms with van der Waals surface area (Å²) in [6, 6.07) is 0. The first-order valence-electron chi connectivity index (χ1n) is 5.98. The van der Waals surface area contributed by atoms with E-state index < -0.39 is 5.97 Å². The Hall–Kier alpha value is -1.32. The van der Waals surface area contributed by atoms with Gasteiger partial charge in [0, 0.05) is 0 Å². The van der Waals surface area contributed by atoms with Gasteiger partial charge in [-0.25, -0.2) is 0 Å². The van der Waals surface area contributed by atoms with E-state index in [2.05, 4.69) is 69.2 Å². The molecular formula is C16H38O4+2. The molecule has 0 heterocycles. The highest BCUT2D eigenvalue weighted by atomic mass is 16.4. The van der Waals surface area contributed by atoms with Crippen LogP contribution in [-0.2, 0) is 9.59 Å². The summed E-state index contributed by atoms with van der Waals surface area (Å²) >= 11 is 0. The standard InChI is InChI=1S/2C5H12.C2H2O2.C2H5.CH2O2.CH4/c2*1-5(2,3)4;1-2(3)4;1-2;2-1-3;/h2*1-4H3;1H2;1H2,2H3;1H,(H,2,3);1H4/q;;;+1;;/p+1. The van der Waals surface area contributed by atoms with Gasteiger partial charge in [0.1, 0.15) is 0 Å². The molecule has 4 nitrogen and oxygen atoms in total. The summed E-state index contributed by atoms with van der Waals surface area (Å²) in [5, 5.41) is 14.2. The van der Waals surface area contributed by atoms with Gasteiger partial charge in [0.25, 0.3) is 6.47 Å². The van der Waals surface area contributed by atoms with Gasteiger partial charge in [-0.15, -0.1) is 0 Å². The number of aliphatic carboxylic acids is 1. The van der Waals surface area contributed by atoms with Crippen LogP contribution in [0.3, 0.4) is 0 Å². The number of carbonyl (C=O) groups is 2. The summed E-state index contributed by atoms with van der Waals surface area (Å²) in [5.74, 6) is -1.08. The molecule has 0 aromatic carbocycles. The summed E-state index contributed by atoms with van der Waals surface area (Å²) in [6.45, 7) is 24.8. The van der Waals surface area contributed by atoms with Crippen LogP contribution in [0.15, 0.2) is 0 Å². The Labute approximate surface area is 127 Å². The van der Waals surface area contributed by atoms with Crippen molar-refractivity contribution in [2.45, 2.75) is 69.7 Å². The summed E-state index contributed by atoms with van der Waals surface area (Å²) < 4.78 is 0. The quantitative estimate of drug-likeness (QED) is 0.476. The minimum Gasteiger partial charge on any atom is -0.483 e. The van der Waals surface area contributed by atoms with Crippen LogP contribution in [0.5, 0.6) is 0 Å². The van der Waals surface area contributed by atoms with Crippen LogP contribution in [0, 0.1) is 24.7 Å². The molecule has 0 rings (SSSR count). The molecule has 0 radical (unpaired) electrons. The fourth-order valence-electron chi connectivity index (χ4n) is 0. The van der Waals surface area contributed by atoms with E-state index in [9.17, 15) is 0 Å². The van der Waals surface area contributed by atoms with E-state index in [0.29, 0.717) is 10.8 Å². The lowest BCUT2D eigenvalue weighted by Crippen LogP contribution is -1.93. The molecule has 0 fully saturated rings. The van der Waals surface area contributed by atoms with Crippen molar-refractivity contribution in [2.24, 2.45) is 10.8 Å². The number of carboxylic acids is 1. The number of rotatable bonds is 0. The molecule has 0 aromatic heterocycles. The second kappa shape index (κ2) is 22.8. The van der Waals surface area contributed by atoms with Gasteiger partial charge in [0.05, 0.1) is 13.8 Å². The normalized spacial score (nSPS) is 8.05. The van der Waals surface area contributed by atoms with Crippen molar-refractivity contribution in [3.63, 3.8) is 0 Å². The summed E-state index contributed by atoms with van der Waals surface area (Å²) in [4.78, 5) is 17.2. The molecular weight excluding hydrogens is 256 g/mol. The Bertz CT molecular complexity index is 146. The van der Waals surface area contributed by atoms with Gasteiger partial charge in [-0.1, -0.05) is 62.8 Å². The highest BCUT2D eigenvalue weighted by Crippen LogP contribution is 2.08. The SMILES string of the molecule is C.CC(C)(C)C.CC(C)(C)C.O=CO.[CH2+]C.[CH2+]C(=O)O. The summed E-state index contributed by atoms with van der Waals surface area (Å²) in [7, 11) is 0. The van der Waals surface area contributed by atoms with E-state index in [1.54, 1.807) is 6.92 Å². The van der Waals surface area contributed by atoms with E-state index in [0.717, 1.165) is 0 Å². The molecule has 4 heteroatoms. The average molecular weight is 294 g/mol. The van der Waals surface area contributed by atoms with Crippen molar-refractivity contribution < 1.29 is 19.8 Å². The first kappa shape index (κ1) is 36.3. The highest BCUT2D eigenvalue weighted by molar-refractivity contribution is 5.71. The van der Waals surface area contributed by atoms with Crippen molar-refractivity contribution in [1.82, 2.24) is 0 Å². The molecule has 0 amide bonds. The molecule has 0 unspecified atom stereocenters. The van der Waals surface area contributed by atoms with Gasteiger partial charge in [0.15, 0.2) is 6.92 Å². The number of carboxylic acid groups (broad SMARTS) is 2. The second-order valence-electron chi connectivity index (χ2n) is 6.50. The largest absolute Gasteiger partial charge is 0.490 e. The smallest absolute Gasteiger partial charge is 0.483 e. The van der Waals surface area contributed by atoms with Gasteiger partial charge in [-0.2, -0.15) is 4.79 Å². The van der Waals surface area contributed by atoms with Crippen LogP contribution >= 0.6 is 0 Å². The zero-order chi connectivity index (χ0) is 17.3. The van der Waals surface area contributed by atoms with Gasteiger partial charge in [-0.3, -0.25) is 4.79 Å². The summed E-state index contributed by atoms with van der Waals surface area (Å²) in [5.41, 5.74) is 1.00.